The Bertz CT molecular complexity index is 883. The molecule has 6 heteroatoms. The van der Waals surface area contributed by atoms with Crippen LogP contribution < -0.4 is 4.74 Å². The molecule has 0 fully saturated rings. The minimum Gasteiger partial charge on any atom is -0.507 e. The number of phenolic OH excluding ortho intramolecular Hbond substituents is 1. The van der Waals surface area contributed by atoms with Gasteiger partial charge in [-0.15, -0.1) is 0 Å². The van der Waals surface area contributed by atoms with E-state index < -0.39 is 0 Å². The third kappa shape index (κ3) is 3.67. The van der Waals surface area contributed by atoms with Gasteiger partial charge in [-0.2, -0.15) is 5.10 Å². The Balaban J connectivity index is 1.73. The first-order valence-electron chi connectivity index (χ1n) is 7.29. The van der Waals surface area contributed by atoms with Crippen LogP contribution in [0.3, 0.4) is 0 Å². The Morgan fingerprint density at radius 2 is 1.88 bits per heavy atom. The van der Waals surface area contributed by atoms with Gasteiger partial charge >= 0.3 is 5.97 Å². The van der Waals surface area contributed by atoms with Crippen LogP contribution in [0.5, 0.6) is 11.5 Å². The molecule has 0 spiro atoms. The molecular formula is C18H15N3O3. The zero-order chi connectivity index (χ0) is 16.9. The lowest BCUT2D eigenvalue weighted by Crippen LogP contribution is -2.00. The molecule has 3 rings (SSSR count). The van der Waals surface area contributed by atoms with Crippen LogP contribution in [0.25, 0.3) is 23.5 Å². The van der Waals surface area contributed by atoms with Crippen LogP contribution in [-0.4, -0.2) is 26.3 Å². The molecule has 1 heterocycles. The number of esters is 1. The molecule has 0 aliphatic carbocycles. The molecule has 24 heavy (non-hydrogen) atoms. The third-order valence-corrected chi connectivity index (χ3v) is 3.22. The van der Waals surface area contributed by atoms with Gasteiger partial charge in [-0.25, -0.2) is 4.98 Å². The first-order valence-corrected chi connectivity index (χ1v) is 7.29. The summed E-state index contributed by atoms with van der Waals surface area (Å²) < 4.78 is 4.98. The molecule has 120 valence electrons. The number of aromatic nitrogens is 3. The molecule has 0 saturated carbocycles. The van der Waals surface area contributed by atoms with Gasteiger partial charge in [0.15, 0.2) is 5.82 Å². The quantitative estimate of drug-likeness (QED) is 0.569. The maximum atomic E-state index is 10.9. The number of benzene rings is 2. The Morgan fingerprint density at radius 3 is 2.58 bits per heavy atom. The molecule has 0 aliphatic rings. The zero-order valence-corrected chi connectivity index (χ0v) is 12.9. The highest BCUT2D eigenvalue weighted by atomic mass is 16.5. The molecule has 1 aromatic heterocycles. The molecule has 6 nitrogen and oxygen atoms in total. The fourth-order valence-corrected chi connectivity index (χ4v) is 2.12. The van der Waals surface area contributed by atoms with Crippen LogP contribution >= 0.6 is 0 Å². The van der Waals surface area contributed by atoms with Crippen molar-refractivity contribution in [1.82, 2.24) is 15.2 Å². The van der Waals surface area contributed by atoms with Crippen LogP contribution in [0.2, 0.25) is 0 Å². The molecule has 0 radical (unpaired) electrons. The van der Waals surface area contributed by atoms with Gasteiger partial charge in [-0.05, 0) is 35.9 Å². The fraction of sp³-hybridized carbons (Fsp3) is 0.0556. The lowest BCUT2D eigenvalue weighted by Gasteiger charge is -2.00. The summed E-state index contributed by atoms with van der Waals surface area (Å²) in [5, 5.41) is 16.7. The van der Waals surface area contributed by atoms with E-state index in [0.29, 0.717) is 23.0 Å². The lowest BCUT2D eigenvalue weighted by atomic mass is 10.2. The number of phenols is 1. The van der Waals surface area contributed by atoms with Crippen molar-refractivity contribution in [2.45, 2.75) is 6.92 Å². The summed E-state index contributed by atoms with van der Waals surface area (Å²) in [6.45, 7) is 1.36. The van der Waals surface area contributed by atoms with Crippen LogP contribution in [0.15, 0.2) is 48.5 Å². The Labute approximate surface area is 138 Å². The minimum absolute atomic E-state index is 0.132. The highest BCUT2D eigenvalue weighted by molar-refractivity contribution is 5.71. The monoisotopic (exact) mass is 321 g/mol. The number of para-hydroxylation sites is 1. The summed E-state index contributed by atoms with van der Waals surface area (Å²) in [4.78, 5) is 15.2. The largest absolute Gasteiger partial charge is 0.507 e. The predicted molar refractivity (Wildman–Crippen MR) is 90.2 cm³/mol. The average molecular weight is 321 g/mol. The van der Waals surface area contributed by atoms with E-state index >= 15 is 0 Å². The van der Waals surface area contributed by atoms with Crippen LogP contribution in [0, 0.1) is 0 Å². The van der Waals surface area contributed by atoms with Crippen molar-refractivity contribution in [2.75, 3.05) is 0 Å². The smallest absolute Gasteiger partial charge is 0.308 e. The molecule has 0 atom stereocenters. The summed E-state index contributed by atoms with van der Waals surface area (Å²) in [5.74, 6) is 1.28. The van der Waals surface area contributed by atoms with Crippen molar-refractivity contribution in [1.29, 1.82) is 0 Å². The van der Waals surface area contributed by atoms with Gasteiger partial charge < -0.3 is 9.84 Å². The first-order chi connectivity index (χ1) is 11.6. The number of H-pyrrole nitrogens is 1. The summed E-state index contributed by atoms with van der Waals surface area (Å²) in [6, 6.07) is 14.0. The first kappa shape index (κ1) is 15.5. The van der Waals surface area contributed by atoms with Crippen molar-refractivity contribution < 1.29 is 14.6 Å². The second-order valence-electron chi connectivity index (χ2n) is 5.06. The standard InChI is InChI=1S/C18H15N3O3/c1-12(22)24-14-9-6-13(7-10-14)8-11-17-19-18(21-20-17)15-4-2-3-5-16(15)23/h2-11,23H,1H3,(H,19,20,21)/b11-8+. The lowest BCUT2D eigenvalue weighted by molar-refractivity contribution is -0.131. The number of carbonyl (C=O) groups is 1. The third-order valence-electron chi connectivity index (χ3n) is 3.22. The Morgan fingerprint density at radius 1 is 1.12 bits per heavy atom. The number of hydrogen-bond donors (Lipinski definition) is 2. The number of rotatable bonds is 4. The second-order valence-corrected chi connectivity index (χ2v) is 5.06. The topological polar surface area (TPSA) is 88.1 Å². The molecule has 0 amide bonds. The molecule has 0 aliphatic heterocycles. The number of aromatic hydroxyl groups is 1. The summed E-state index contributed by atoms with van der Waals surface area (Å²) in [6.07, 6.45) is 3.63. The van der Waals surface area contributed by atoms with E-state index in [4.69, 9.17) is 4.74 Å². The van der Waals surface area contributed by atoms with E-state index in [2.05, 4.69) is 15.2 Å². The highest BCUT2D eigenvalue weighted by Gasteiger charge is 2.08. The molecule has 3 aromatic rings. The van der Waals surface area contributed by atoms with Gasteiger partial charge in [0, 0.05) is 6.92 Å². The van der Waals surface area contributed by atoms with Crippen LogP contribution in [-0.2, 0) is 4.79 Å². The van der Waals surface area contributed by atoms with Crippen molar-refractivity contribution in [3.05, 3.63) is 59.9 Å². The SMILES string of the molecule is CC(=O)Oc1ccc(/C=C/c2nc(-c3ccccc3O)n[nH]2)cc1. The van der Waals surface area contributed by atoms with Gasteiger partial charge in [0.1, 0.15) is 17.3 Å². The van der Waals surface area contributed by atoms with Crippen LogP contribution in [0.4, 0.5) is 0 Å². The number of nitrogens with zero attached hydrogens (tertiary/aromatic N) is 2. The van der Waals surface area contributed by atoms with Crippen molar-refractivity contribution in [3.8, 4) is 22.9 Å². The zero-order valence-electron chi connectivity index (χ0n) is 12.9. The number of carbonyl (C=O) groups excluding carboxylic acids is 1. The highest BCUT2D eigenvalue weighted by Crippen LogP contribution is 2.25. The van der Waals surface area contributed by atoms with Gasteiger partial charge in [0.2, 0.25) is 0 Å². The number of nitrogens with one attached hydrogen (secondary N) is 1. The van der Waals surface area contributed by atoms with E-state index in [1.54, 1.807) is 36.4 Å². The molecule has 0 bridgehead atoms. The summed E-state index contributed by atoms with van der Waals surface area (Å²) >= 11 is 0. The average Bonchev–Trinajstić information content (AvgIpc) is 3.03. The van der Waals surface area contributed by atoms with E-state index in [-0.39, 0.29) is 11.7 Å². The van der Waals surface area contributed by atoms with Gasteiger partial charge in [0.25, 0.3) is 0 Å². The van der Waals surface area contributed by atoms with Gasteiger partial charge in [0.05, 0.1) is 5.56 Å². The van der Waals surface area contributed by atoms with Gasteiger partial charge in [-0.1, -0.05) is 30.3 Å². The Kier molecular flexibility index (Phi) is 4.38. The normalized spacial score (nSPS) is 10.9. The van der Waals surface area contributed by atoms with Crippen molar-refractivity contribution in [2.24, 2.45) is 0 Å². The molecule has 0 saturated heterocycles. The molecule has 0 unspecified atom stereocenters. The van der Waals surface area contributed by atoms with E-state index in [1.807, 2.05) is 24.3 Å². The molecule has 2 aromatic carbocycles. The van der Waals surface area contributed by atoms with Gasteiger partial charge in [-0.3, -0.25) is 9.89 Å². The maximum Gasteiger partial charge on any atom is 0.308 e. The van der Waals surface area contributed by atoms with E-state index in [9.17, 15) is 9.90 Å². The van der Waals surface area contributed by atoms with Crippen molar-refractivity contribution in [3.63, 3.8) is 0 Å². The number of ether oxygens (including phenoxy) is 1. The molecular weight excluding hydrogens is 306 g/mol. The number of aromatic amines is 1. The predicted octanol–water partition coefficient (Wildman–Crippen LogP) is 3.27. The van der Waals surface area contributed by atoms with Crippen LogP contribution in [0.1, 0.15) is 18.3 Å². The minimum atomic E-state index is -0.350. The fourth-order valence-electron chi connectivity index (χ4n) is 2.12. The molecule has 2 N–H and O–H groups in total. The van der Waals surface area contributed by atoms with E-state index in [0.717, 1.165) is 5.56 Å². The van der Waals surface area contributed by atoms with Crippen molar-refractivity contribution >= 4 is 18.1 Å². The summed E-state index contributed by atoms with van der Waals surface area (Å²) in [5.41, 5.74) is 1.49. The maximum absolute atomic E-state index is 10.9. The Hall–Kier alpha value is -3.41. The number of hydrogen-bond acceptors (Lipinski definition) is 5. The van der Waals surface area contributed by atoms with E-state index in [1.165, 1.54) is 6.92 Å². The summed E-state index contributed by atoms with van der Waals surface area (Å²) in [7, 11) is 0. The second kappa shape index (κ2) is 6.78.